The maximum Gasteiger partial charge on any atom is 0.169 e. The summed E-state index contributed by atoms with van der Waals surface area (Å²) in [6, 6.07) is 13.3. The van der Waals surface area contributed by atoms with Crippen LogP contribution in [0.15, 0.2) is 42.5 Å². The maximum atomic E-state index is 5.77. The lowest BCUT2D eigenvalue weighted by molar-refractivity contribution is 0.377. The van der Waals surface area contributed by atoms with Crippen molar-refractivity contribution in [3.8, 4) is 23.0 Å². The molecule has 0 saturated carbocycles. The third-order valence-electron chi connectivity index (χ3n) is 2.61. The van der Waals surface area contributed by atoms with E-state index in [2.05, 4.69) is 0 Å². The van der Waals surface area contributed by atoms with Gasteiger partial charge in [-0.25, -0.2) is 0 Å². The van der Waals surface area contributed by atoms with Gasteiger partial charge >= 0.3 is 0 Å². The number of aryl methyl sites for hydroxylation is 1. The van der Waals surface area contributed by atoms with Gasteiger partial charge in [0.1, 0.15) is 11.5 Å². The molecule has 0 heterocycles. The molecule has 2 rings (SSSR count). The fourth-order valence-corrected chi connectivity index (χ4v) is 1.63. The van der Waals surface area contributed by atoms with Crippen molar-refractivity contribution < 1.29 is 14.2 Å². The quantitative estimate of drug-likeness (QED) is 0.818. The first-order valence-corrected chi connectivity index (χ1v) is 5.69. The minimum Gasteiger partial charge on any atom is -0.497 e. The molecule has 0 aliphatic carbocycles. The van der Waals surface area contributed by atoms with E-state index in [1.807, 2.05) is 49.4 Å². The number of hydrogen-bond acceptors (Lipinski definition) is 3. The number of rotatable bonds is 4. The molecule has 0 unspecified atom stereocenters. The summed E-state index contributed by atoms with van der Waals surface area (Å²) in [6.07, 6.45) is 0. The van der Waals surface area contributed by atoms with Crippen molar-refractivity contribution in [3.05, 3.63) is 48.0 Å². The molecular formula is C15H16O3. The zero-order chi connectivity index (χ0) is 13.0. The van der Waals surface area contributed by atoms with Crippen LogP contribution in [0.3, 0.4) is 0 Å². The Morgan fingerprint density at radius 2 is 1.39 bits per heavy atom. The standard InChI is InChI=1S/C15H16O3/c1-11-4-9-14(15(10-11)17-3)18-13-7-5-12(16-2)6-8-13/h4-10H,1-3H3. The highest BCUT2D eigenvalue weighted by molar-refractivity contribution is 5.45. The SMILES string of the molecule is COc1ccc(Oc2ccc(C)cc2OC)cc1. The van der Waals surface area contributed by atoms with Crippen molar-refractivity contribution in [2.75, 3.05) is 14.2 Å². The Labute approximate surface area is 107 Å². The minimum atomic E-state index is 0.702. The minimum absolute atomic E-state index is 0.702. The highest BCUT2D eigenvalue weighted by atomic mass is 16.5. The molecular weight excluding hydrogens is 228 g/mol. The molecule has 0 amide bonds. The molecule has 2 aromatic rings. The first-order chi connectivity index (χ1) is 8.72. The molecule has 0 atom stereocenters. The van der Waals surface area contributed by atoms with E-state index in [9.17, 15) is 0 Å². The van der Waals surface area contributed by atoms with Gasteiger partial charge in [0.05, 0.1) is 14.2 Å². The van der Waals surface area contributed by atoms with Crippen LogP contribution >= 0.6 is 0 Å². The van der Waals surface area contributed by atoms with Crippen LogP contribution in [0.25, 0.3) is 0 Å². The van der Waals surface area contributed by atoms with Crippen molar-refractivity contribution in [1.29, 1.82) is 0 Å². The van der Waals surface area contributed by atoms with Gasteiger partial charge in [-0.1, -0.05) is 6.07 Å². The molecule has 0 aliphatic rings. The largest absolute Gasteiger partial charge is 0.497 e. The first kappa shape index (κ1) is 12.3. The second-order valence-electron chi connectivity index (χ2n) is 3.93. The van der Waals surface area contributed by atoms with Gasteiger partial charge in [0.15, 0.2) is 11.5 Å². The monoisotopic (exact) mass is 244 g/mol. The lowest BCUT2D eigenvalue weighted by Gasteiger charge is -2.11. The molecule has 94 valence electrons. The van der Waals surface area contributed by atoms with Gasteiger partial charge in [-0.3, -0.25) is 0 Å². The van der Waals surface area contributed by atoms with E-state index >= 15 is 0 Å². The maximum absolute atomic E-state index is 5.77. The van der Waals surface area contributed by atoms with E-state index in [4.69, 9.17) is 14.2 Å². The zero-order valence-corrected chi connectivity index (χ0v) is 10.8. The average molecular weight is 244 g/mol. The fraction of sp³-hybridized carbons (Fsp3) is 0.200. The van der Waals surface area contributed by atoms with E-state index < -0.39 is 0 Å². The second kappa shape index (κ2) is 5.45. The first-order valence-electron chi connectivity index (χ1n) is 5.69. The molecule has 0 spiro atoms. The zero-order valence-electron chi connectivity index (χ0n) is 10.8. The molecule has 0 aromatic heterocycles. The molecule has 2 aromatic carbocycles. The van der Waals surface area contributed by atoms with Crippen LogP contribution in [0.5, 0.6) is 23.0 Å². The summed E-state index contributed by atoms with van der Waals surface area (Å²) < 4.78 is 16.2. The summed E-state index contributed by atoms with van der Waals surface area (Å²) in [4.78, 5) is 0. The Morgan fingerprint density at radius 1 is 0.722 bits per heavy atom. The van der Waals surface area contributed by atoms with Crippen LogP contribution in [0.1, 0.15) is 5.56 Å². The number of ether oxygens (including phenoxy) is 3. The molecule has 0 fully saturated rings. The van der Waals surface area contributed by atoms with Gasteiger partial charge in [-0.15, -0.1) is 0 Å². The van der Waals surface area contributed by atoms with E-state index in [-0.39, 0.29) is 0 Å². The molecule has 3 heteroatoms. The second-order valence-corrected chi connectivity index (χ2v) is 3.93. The molecule has 0 radical (unpaired) electrons. The molecule has 0 aliphatic heterocycles. The summed E-state index contributed by atoms with van der Waals surface area (Å²) in [5.74, 6) is 2.98. The van der Waals surface area contributed by atoms with Gasteiger partial charge in [0.25, 0.3) is 0 Å². The molecule has 0 N–H and O–H groups in total. The van der Waals surface area contributed by atoms with Crippen molar-refractivity contribution >= 4 is 0 Å². The summed E-state index contributed by atoms with van der Waals surface area (Å²) >= 11 is 0. The third kappa shape index (κ3) is 2.74. The van der Waals surface area contributed by atoms with Gasteiger partial charge in [0.2, 0.25) is 0 Å². The molecule has 3 nitrogen and oxygen atoms in total. The van der Waals surface area contributed by atoms with E-state index in [1.54, 1.807) is 14.2 Å². The van der Waals surface area contributed by atoms with E-state index in [0.29, 0.717) is 5.75 Å². The highest BCUT2D eigenvalue weighted by Crippen LogP contribution is 2.32. The summed E-state index contributed by atoms with van der Waals surface area (Å²) in [7, 11) is 3.27. The van der Waals surface area contributed by atoms with Crippen LogP contribution in [0.2, 0.25) is 0 Å². The number of benzene rings is 2. The van der Waals surface area contributed by atoms with Gasteiger partial charge in [-0.05, 0) is 48.9 Å². The Kier molecular flexibility index (Phi) is 3.72. The molecule has 0 bridgehead atoms. The lowest BCUT2D eigenvalue weighted by Crippen LogP contribution is -1.91. The lowest BCUT2D eigenvalue weighted by atomic mass is 10.2. The smallest absolute Gasteiger partial charge is 0.169 e. The fourth-order valence-electron chi connectivity index (χ4n) is 1.63. The molecule has 18 heavy (non-hydrogen) atoms. The normalized spacial score (nSPS) is 9.94. The Hall–Kier alpha value is -2.16. The molecule has 0 saturated heterocycles. The van der Waals surface area contributed by atoms with Crippen molar-refractivity contribution in [2.24, 2.45) is 0 Å². The third-order valence-corrected chi connectivity index (χ3v) is 2.61. The van der Waals surface area contributed by atoms with Crippen LogP contribution in [-0.4, -0.2) is 14.2 Å². The Bertz CT molecular complexity index is 518. The summed E-state index contributed by atoms with van der Waals surface area (Å²) in [5, 5.41) is 0. The average Bonchev–Trinajstić information content (AvgIpc) is 2.41. The van der Waals surface area contributed by atoms with Crippen molar-refractivity contribution in [3.63, 3.8) is 0 Å². The van der Waals surface area contributed by atoms with Crippen molar-refractivity contribution in [1.82, 2.24) is 0 Å². The van der Waals surface area contributed by atoms with Crippen LogP contribution in [0.4, 0.5) is 0 Å². The number of methoxy groups -OCH3 is 2. The highest BCUT2D eigenvalue weighted by Gasteiger charge is 2.05. The van der Waals surface area contributed by atoms with Crippen molar-refractivity contribution in [2.45, 2.75) is 6.92 Å². The predicted molar refractivity (Wildman–Crippen MR) is 70.8 cm³/mol. The van der Waals surface area contributed by atoms with Gasteiger partial charge < -0.3 is 14.2 Å². The van der Waals surface area contributed by atoms with Crippen LogP contribution in [-0.2, 0) is 0 Å². The van der Waals surface area contributed by atoms with Gasteiger partial charge in [-0.2, -0.15) is 0 Å². The summed E-state index contributed by atoms with van der Waals surface area (Å²) in [5.41, 5.74) is 1.13. The number of hydrogen-bond donors (Lipinski definition) is 0. The van der Waals surface area contributed by atoms with E-state index in [0.717, 1.165) is 22.8 Å². The Morgan fingerprint density at radius 3 is 2.00 bits per heavy atom. The summed E-state index contributed by atoms with van der Waals surface area (Å²) in [6.45, 7) is 2.01. The van der Waals surface area contributed by atoms with Crippen LogP contribution in [0, 0.1) is 6.92 Å². The predicted octanol–water partition coefficient (Wildman–Crippen LogP) is 3.80. The van der Waals surface area contributed by atoms with Crippen LogP contribution < -0.4 is 14.2 Å². The topological polar surface area (TPSA) is 27.7 Å². The van der Waals surface area contributed by atoms with Gasteiger partial charge in [0, 0.05) is 0 Å². The Balaban J connectivity index is 2.22. The van der Waals surface area contributed by atoms with E-state index in [1.165, 1.54) is 0 Å².